The van der Waals surface area contributed by atoms with Gasteiger partial charge in [-0.2, -0.15) is 0 Å². The smallest absolute Gasteiger partial charge is 0.306 e. The zero-order chi connectivity index (χ0) is 15.6. The summed E-state index contributed by atoms with van der Waals surface area (Å²) in [6.07, 6.45) is 3.75. The number of nitrogens with one attached hydrogen (secondary N) is 1. The Morgan fingerprint density at radius 2 is 1.95 bits per heavy atom. The van der Waals surface area contributed by atoms with E-state index in [0.717, 1.165) is 19.3 Å². The summed E-state index contributed by atoms with van der Waals surface area (Å²) in [6.45, 7) is 3.84. The van der Waals surface area contributed by atoms with Gasteiger partial charge in [-0.05, 0) is 39.0 Å². The number of aliphatic carboxylic acids is 1. The number of carbonyl (C=O) groups excluding carboxylic acids is 2. The molecule has 0 bridgehead atoms. The van der Waals surface area contributed by atoms with E-state index in [0.29, 0.717) is 12.8 Å². The minimum absolute atomic E-state index is 0.0560. The fourth-order valence-electron chi connectivity index (χ4n) is 3.22. The molecular weight excluding hydrogens is 272 g/mol. The molecule has 0 aromatic rings. The standard InChI is InChI=1S/C15H24N2O4/c1-3-9(2)17-13(18)8-12(14(17)19)16-11-6-4-10(5-7-11)15(20)21/h9-12,16H,3-8H2,1-2H3,(H,20,21). The fourth-order valence-corrected chi connectivity index (χ4v) is 3.22. The Morgan fingerprint density at radius 1 is 1.33 bits per heavy atom. The summed E-state index contributed by atoms with van der Waals surface area (Å²) in [7, 11) is 0. The number of carboxylic acid groups (broad SMARTS) is 1. The summed E-state index contributed by atoms with van der Waals surface area (Å²) in [6, 6.07) is -0.350. The Morgan fingerprint density at radius 3 is 2.48 bits per heavy atom. The lowest BCUT2D eigenvalue weighted by Crippen LogP contribution is -2.47. The van der Waals surface area contributed by atoms with Crippen molar-refractivity contribution in [2.75, 3.05) is 0 Å². The second-order valence-corrected chi connectivity index (χ2v) is 6.17. The summed E-state index contributed by atoms with van der Waals surface area (Å²) in [5.41, 5.74) is 0. The fraction of sp³-hybridized carbons (Fsp3) is 0.800. The maximum Gasteiger partial charge on any atom is 0.306 e. The minimum atomic E-state index is -0.733. The predicted octanol–water partition coefficient (Wildman–Crippen LogP) is 1.15. The van der Waals surface area contributed by atoms with E-state index in [1.54, 1.807) is 0 Å². The highest BCUT2D eigenvalue weighted by Crippen LogP contribution is 2.26. The number of carboxylic acids is 1. The van der Waals surface area contributed by atoms with Gasteiger partial charge in [0.25, 0.3) is 0 Å². The number of likely N-dealkylation sites (tertiary alicyclic amines) is 1. The molecule has 1 saturated carbocycles. The molecule has 0 aromatic carbocycles. The van der Waals surface area contributed by atoms with Gasteiger partial charge in [-0.3, -0.25) is 19.3 Å². The van der Waals surface area contributed by atoms with Crippen molar-refractivity contribution in [2.24, 2.45) is 5.92 Å². The lowest BCUT2D eigenvalue weighted by atomic mass is 9.86. The number of rotatable bonds is 5. The second kappa shape index (κ2) is 6.56. The average molecular weight is 296 g/mol. The van der Waals surface area contributed by atoms with Crippen LogP contribution in [0.25, 0.3) is 0 Å². The van der Waals surface area contributed by atoms with Gasteiger partial charge in [-0.15, -0.1) is 0 Å². The molecule has 1 heterocycles. The Kier molecular flexibility index (Phi) is 4.98. The van der Waals surface area contributed by atoms with Crippen LogP contribution >= 0.6 is 0 Å². The molecule has 2 rings (SSSR count). The number of nitrogens with zero attached hydrogens (tertiary/aromatic N) is 1. The third kappa shape index (κ3) is 3.43. The zero-order valence-electron chi connectivity index (χ0n) is 12.7. The molecule has 0 aromatic heterocycles. The minimum Gasteiger partial charge on any atom is -0.481 e. The molecule has 2 amide bonds. The molecule has 1 aliphatic heterocycles. The van der Waals surface area contributed by atoms with E-state index in [2.05, 4.69) is 5.32 Å². The van der Waals surface area contributed by atoms with Crippen LogP contribution in [0, 0.1) is 5.92 Å². The van der Waals surface area contributed by atoms with E-state index in [4.69, 9.17) is 5.11 Å². The number of hydrogen-bond donors (Lipinski definition) is 2. The van der Waals surface area contributed by atoms with Crippen molar-refractivity contribution in [3.05, 3.63) is 0 Å². The average Bonchev–Trinajstić information content (AvgIpc) is 2.73. The first-order valence-electron chi connectivity index (χ1n) is 7.78. The van der Waals surface area contributed by atoms with Crippen molar-refractivity contribution in [3.63, 3.8) is 0 Å². The van der Waals surface area contributed by atoms with Gasteiger partial charge in [0.1, 0.15) is 0 Å². The number of imide groups is 1. The number of hydrogen-bond acceptors (Lipinski definition) is 4. The summed E-state index contributed by atoms with van der Waals surface area (Å²) < 4.78 is 0. The van der Waals surface area contributed by atoms with Crippen LogP contribution in [0.4, 0.5) is 0 Å². The molecule has 2 unspecified atom stereocenters. The van der Waals surface area contributed by atoms with Crippen LogP contribution in [0.15, 0.2) is 0 Å². The van der Waals surface area contributed by atoms with E-state index in [9.17, 15) is 14.4 Å². The van der Waals surface area contributed by atoms with Crippen molar-refractivity contribution in [1.29, 1.82) is 0 Å². The highest BCUT2D eigenvalue weighted by atomic mass is 16.4. The number of amides is 2. The Hall–Kier alpha value is -1.43. The van der Waals surface area contributed by atoms with Crippen LogP contribution in [-0.4, -0.2) is 45.9 Å². The van der Waals surface area contributed by atoms with Crippen molar-refractivity contribution in [1.82, 2.24) is 10.2 Å². The van der Waals surface area contributed by atoms with Crippen LogP contribution in [0.2, 0.25) is 0 Å². The molecule has 2 aliphatic rings. The largest absolute Gasteiger partial charge is 0.481 e. The lowest BCUT2D eigenvalue weighted by molar-refractivity contribution is -0.144. The van der Waals surface area contributed by atoms with Crippen LogP contribution in [0.1, 0.15) is 52.4 Å². The first-order chi connectivity index (χ1) is 9.93. The predicted molar refractivity (Wildman–Crippen MR) is 76.5 cm³/mol. The maximum absolute atomic E-state index is 12.3. The zero-order valence-corrected chi connectivity index (χ0v) is 12.7. The Labute approximate surface area is 124 Å². The van der Waals surface area contributed by atoms with Crippen LogP contribution in [0.3, 0.4) is 0 Å². The van der Waals surface area contributed by atoms with Gasteiger partial charge in [-0.25, -0.2) is 0 Å². The molecule has 6 heteroatoms. The van der Waals surface area contributed by atoms with Crippen molar-refractivity contribution >= 4 is 17.8 Å². The summed E-state index contributed by atoms with van der Waals surface area (Å²) in [5, 5.41) is 12.2. The van der Waals surface area contributed by atoms with E-state index in [-0.39, 0.29) is 36.2 Å². The molecule has 118 valence electrons. The van der Waals surface area contributed by atoms with E-state index in [1.165, 1.54) is 4.90 Å². The first kappa shape index (κ1) is 15.9. The second-order valence-electron chi connectivity index (χ2n) is 6.17. The maximum atomic E-state index is 12.3. The molecule has 21 heavy (non-hydrogen) atoms. The molecule has 6 nitrogen and oxygen atoms in total. The van der Waals surface area contributed by atoms with E-state index < -0.39 is 12.0 Å². The third-order valence-corrected chi connectivity index (χ3v) is 4.73. The SMILES string of the molecule is CCC(C)N1C(=O)CC(NC2CCC(C(=O)O)CC2)C1=O. The normalized spacial score (nSPS) is 31.5. The van der Waals surface area contributed by atoms with Crippen LogP contribution in [0.5, 0.6) is 0 Å². The molecule has 2 atom stereocenters. The summed E-state index contributed by atoms with van der Waals surface area (Å²) >= 11 is 0. The highest BCUT2D eigenvalue weighted by Gasteiger charge is 2.41. The van der Waals surface area contributed by atoms with Gasteiger partial charge in [-0.1, -0.05) is 6.92 Å². The van der Waals surface area contributed by atoms with E-state index in [1.807, 2.05) is 13.8 Å². The van der Waals surface area contributed by atoms with Gasteiger partial charge in [0.05, 0.1) is 18.4 Å². The third-order valence-electron chi connectivity index (χ3n) is 4.73. The summed E-state index contributed by atoms with van der Waals surface area (Å²) in [5.74, 6) is -1.23. The summed E-state index contributed by atoms with van der Waals surface area (Å²) in [4.78, 5) is 36.6. The molecule has 2 N–H and O–H groups in total. The molecule has 2 fully saturated rings. The van der Waals surface area contributed by atoms with Crippen molar-refractivity contribution < 1.29 is 19.5 Å². The number of carbonyl (C=O) groups is 3. The quantitative estimate of drug-likeness (QED) is 0.743. The molecular formula is C15H24N2O4. The molecule has 1 saturated heterocycles. The van der Waals surface area contributed by atoms with Crippen LogP contribution in [-0.2, 0) is 14.4 Å². The topological polar surface area (TPSA) is 86.7 Å². The van der Waals surface area contributed by atoms with Gasteiger partial charge in [0.15, 0.2) is 0 Å². The van der Waals surface area contributed by atoms with Gasteiger partial charge in [0.2, 0.25) is 11.8 Å². The van der Waals surface area contributed by atoms with Gasteiger partial charge < -0.3 is 10.4 Å². The highest BCUT2D eigenvalue weighted by molar-refractivity contribution is 6.05. The van der Waals surface area contributed by atoms with Crippen LogP contribution < -0.4 is 5.32 Å². The van der Waals surface area contributed by atoms with Crippen molar-refractivity contribution in [3.8, 4) is 0 Å². The first-order valence-corrected chi connectivity index (χ1v) is 7.78. The van der Waals surface area contributed by atoms with Gasteiger partial charge >= 0.3 is 5.97 Å². The van der Waals surface area contributed by atoms with Gasteiger partial charge in [0, 0.05) is 12.1 Å². The van der Waals surface area contributed by atoms with Crippen molar-refractivity contribution in [2.45, 2.75) is 70.5 Å². The monoisotopic (exact) mass is 296 g/mol. The lowest BCUT2D eigenvalue weighted by Gasteiger charge is -2.29. The van der Waals surface area contributed by atoms with E-state index >= 15 is 0 Å². The Balaban J connectivity index is 1.89. The molecule has 0 radical (unpaired) electrons. The molecule has 0 spiro atoms. The molecule has 1 aliphatic carbocycles. The Bertz CT molecular complexity index is 429.